The molecule has 0 radical (unpaired) electrons. The van der Waals surface area contributed by atoms with Gasteiger partial charge in [-0.1, -0.05) is 48.5 Å². The van der Waals surface area contributed by atoms with Gasteiger partial charge in [0.15, 0.2) is 0 Å². The first-order valence-corrected chi connectivity index (χ1v) is 11.4. The van der Waals surface area contributed by atoms with Gasteiger partial charge in [-0.3, -0.25) is 4.79 Å². The van der Waals surface area contributed by atoms with Crippen molar-refractivity contribution in [1.82, 2.24) is 13.5 Å². The quantitative estimate of drug-likeness (QED) is 0.443. The average molecular weight is 455 g/mol. The van der Waals surface area contributed by atoms with Crippen molar-refractivity contribution in [3.63, 3.8) is 0 Å². The van der Waals surface area contributed by atoms with Crippen molar-refractivity contribution < 1.29 is 17.9 Å². The molecule has 0 unspecified atom stereocenters. The number of para-hydroxylation sites is 2. The maximum Gasteiger partial charge on any atom is 0.247 e. The van der Waals surface area contributed by atoms with Crippen LogP contribution < -0.4 is 14.8 Å². The second-order valence-corrected chi connectivity index (χ2v) is 8.75. The summed E-state index contributed by atoms with van der Waals surface area (Å²) in [6, 6.07) is 19.0. The lowest BCUT2D eigenvalue weighted by Crippen LogP contribution is -2.37. The minimum Gasteiger partial charge on any atom is -0.495 e. The zero-order valence-corrected chi connectivity index (χ0v) is 18.0. The van der Waals surface area contributed by atoms with Gasteiger partial charge in [-0.15, -0.1) is 0 Å². The first-order chi connectivity index (χ1) is 15.0. The van der Waals surface area contributed by atoms with Gasteiger partial charge >= 0.3 is 0 Å². The first-order valence-electron chi connectivity index (χ1n) is 9.22. The summed E-state index contributed by atoms with van der Waals surface area (Å²) >= 11 is 0.925. The SMILES string of the molecule is COc1ccccc1NC(=O)[C@@H](NS(=O)(=O)c1cccc2nsnc12)c1ccccc1. The maximum absolute atomic E-state index is 13.2. The second-order valence-electron chi connectivity index (χ2n) is 6.54. The Balaban J connectivity index is 1.70. The van der Waals surface area contributed by atoms with Gasteiger partial charge in [-0.25, -0.2) is 8.42 Å². The lowest BCUT2D eigenvalue weighted by molar-refractivity contribution is -0.117. The minimum absolute atomic E-state index is 0.0372. The van der Waals surface area contributed by atoms with Crippen LogP contribution >= 0.6 is 11.7 Å². The van der Waals surface area contributed by atoms with E-state index < -0.39 is 22.0 Å². The molecule has 1 atom stereocenters. The zero-order valence-electron chi connectivity index (χ0n) is 16.3. The van der Waals surface area contributed by atoms with Crippen molar-refractivity contribution in [3.8, 4) is 5.75 Å². The summed E-state index contributed by atoms with van der Waals surface area (Å²) < 4.78 is 42.4. The Morgan fingerprint density at radius 1 is 0.968 bits per heavy atom. The largest absolute Gasteiger partial charge is 0.495 e. The van der Waals surface area contributed by atoms with Gasteiger partial charge in [0.2, 0.25) is 15.9 Å². The fourth-order valence-corrected chi connectivity index (χ4v) is 5.04. The number of sulfonamides is 1. The predicted molar refractivity (Wildman–Crippen MR) is 119 cm³/mol. The number of methoxy groups -OCH3 is 1. The Hall–Kier alpha value is -3.34. The highest BCUT2D eigenvalue weighted by atomic mass is 32.2. The van der Waals surface area contributed by atoms with Crippen LogP contribution in [0.25, 0.3) is 11.0 Å². The molecule has 2 N–H and O–H groups in total. The van der Waals surface area contributed by atoms with Crippen molar-refractivity contribution in [2.75, 3.05) is 12.4 Å². The van der Waals surface area contributed by atoms with Gasteiger partial charge in [0, 0.05) is 0 Å². The third-order valence-electron chi connectivity index (χ3n) is 4.57. The Morgan fingerprint density at radius 3 is 2.48 bits per heavy atom. The van der Waals surface area contributed by atoms with Crippen LogP contribution in [0, 0.1) is 0 Å². The number of carbonyl (C=O) groups is 1. The molecule has 10 heteroatoms. The van der Waals surface area contributed by atoms with E-state index >= 15 is 0 Å². The van der Waals surface area contributed by atoms with Crippen molar-refractivity contribution in [2.24, 2.45) is 0 Å². The third-order valence-corrected chi connectivity index (χ3v) is 6.57. The number of amides is 1. The lowest BCUT2D eigenvalue weighted by Gasteiger charge is -2.20. The molecule has 1 amide bonds. The Kier molecular flexibility index (Phi) is 5.94. The van der Waals surface area contributed by atoms with Gasteiger partial charge in [0.1, 0.15) is 27.7 Å². The van der Waals surface area contributed by atoms with Crippen LogP contribution in [0.5, 0.6) is 5.75 Å². The molecule has 0 aliphatic heterocycles. The number of aromatic nitrogens is 2. The van der Waals surface area contributed by atoms with E-state index in [0.29, 0.717) is 22.5 Å². The van der Waals surface area contributed by atoms with Gasteiger partial charge in [0.05, 0.1) is 24.5 Å². The van der Waals surface area contributed by atoms with E-state index in [4.69, 9.17) is 4.74 Å². The fraction of sp³-hybridized carbons (Fsp3) is 0.0952. The van der Waals surface area contributed by atoms with Gasteiger partial charge < -0.3 is 10.1 Å². The van der Waals surface area contributed by atoms with E-state index in [0.717, 1.165) is 11.7 Å². The van der Waals surface area contributed by atoms with Crippen LogP contribution in [0.1, 0.15) is 11.6 Å². The summed E-state index contributed by atoms with van der Waals surface area (Å²) in [5.74, 6) is -0.0910. The molecule has 0 spiro atoms. The molecule has 4 aromatic rings. The summed E-state index contributed by atoms with van der Waals surface area (Å²) in [5.41, 5.74) is 1.66. The summed E-state index contributed by atoms with van der Waals surface area (Å²) in [4.78, 5) is 13.1. The highest BCUT2D eigenvalue weighted by Gasteiger charge is 2.29. The molecule has 158 valence electrons. The molecular weight excluding hydrogens is 436 g/mol. The number of hydrogen-bond acceptors (Lipinski definition) is 7. The van der Waals surface area contributed by atoms with E-state index in [1.807, 2.05) is 0 Å². The number of fused-ring (bicyclic) bond motifs is 1. The molecule has 0 bridgehead atoms. The number of anilines is 1. The fourth-order valence-electron chi connectivity index (χ4n) is 3.09. The molecule has 3 aromatic carbocycles. The molecule has 0 saturated carbocycles. The summed E-state index contributed by atoms with van der Waals surface area (Å²) in [6.07, 6.45) is 0. The van der Waals surface area contributed by atoms with Crippen LogP contribution in [-0.2, 0) is 14.8 Å². The number of carbonyl (C=O) groups excluding carboxylic acids is 1. The van der Waals surface area contributed by atoms with Crippen LogP contribution in [0.15, 0.2) is 77.7 Å². The Bertz CT molecular complexity index is 1320. The van der Waals surface area contributed by atoms with Crippen molar-refractivity contribution >= 4 is 44.4 Å². The molecular formula is C21H18N4O4S2. The molecule has 0 saturated heterocycles. The smallest absolute Gasteiger partial charge is 0.247 e. The van der Waals surface area contributed by atoms with Gasteiger partial charge in [-0.2, -0.15) is 13.5 Å². The topological polar surface area (TPSA) is 110 Å². The second kappa shape index (κ2) is 8.80. The van der Waals surface area contributed by atoms with Crippen LogP contribution in [0.4, 0.5) is 5.69 Å². The molecule has 8 nitrogen and oxygen atoms in total. The first kappa shape index (κ1) is 20.9. The predicted octanol–water partition coefficient (Wildman–Crippen LogP) is 3.36. The molecule has 0 aliphatic carbocycles. The number of rotatable bonds is 7. The van der Waals surface area contributed by atoms with Gasteiger partial charge in [0.25, 0.3) is 0 Å². The van der Waals surface area contributed by atoms with Crippen molar-refractivity contribution in [2.45, 2.75) is 10.9 Å². The number of hydrogen-bond donors (Lipinski definition) is 2. The number of nitrogens with zero attached hydrogens (tertiary/aromatic N) is 2. The van der Waals surface area contributed by atoms with E-state index in [2.05, 4.69) is 18.8 Å². The molecule has 4 rings (SSSR count). The monoisotopic (exact) mass is 454 g/mol. The van der Waals surface area contributed by atoms with Crippen LogP contribution in [0.2, 0.25) is 0 Å². The molecule has 1 heterocycles. The molecule has 0 aliphatic rings. The van der Waals surface area contributed by atoms with Crippen LogP contribution in [0.3, 0.4) is 0 Å². The third kappa shape index (κ3) is 4.41. The van der Waals surface area contributed by atoms with E-state index in [9.17, 15) is 13.2 Å². The molecule has 1 aromatic heterocycles. The van der Waals surface area contributed by atoms with Gasteiger partial charge in [-0.05, 0) is 29.8 Å². The zero-order chi connectivity index (χ0) is 21.8. The highest BCUT2D eigenvalue weighted by Crippen LogP contribution is 2.27. The average Bonchev–Trinajstić information content (AvgIpc) is 3.27. The maximum atomic E-state index is 13.2. The van der Waals surface area contributed by atoms with E-state index in [1.54, 1.807) is 66.7 Å². The van der Waals surface area contributed by atoms with Crippen LogP contribution in [-0.4, -0.2) is 30.2 Å². The summed E-state index contributed by atoms with van der Waals surface area (Å²) in [7, 11) is -2.60. The van der Waals surface area contributed by atoms with Crippen molar-refractivity contribution in [3.05, 3.63) is 78.4 Å². The Labute approximate surface area is 183 Å². The standard InChI is InChI=1S/C21H18N4O4S2/c1-29-17-12-6-5-10-15(17)22-21(26)19(14-8-3-2-4-9-14)25-31(27,28)18-13-7-11-16-20(18)24-30-23-16/h2-13,19,25H,1H3,(H,22,26)/t19-/m0/s1. The van der Waals surface area contributed by atoms with Crippen molar-refractivity contribution in [1.29, 1.82) is 0 Å². The number of ether oxygens (including phenoxy) is 1. The molecule has 31 heavy (non-hydrogen) atoms. The number of nitrogens with one attached hydrogen (secondary N) is 2. The highest BCUT2D eigenvalue weighted by molar-refractivity contribution is 7.89. The normalized spacial score (nSPS) is 12.4. The van der Waals surface area contributed by atoms with E-state index in [1.165, 1.54) is 13.2 Å². The lowest BCUT2D eigenvalue weighted by atomic mass is 10.1. The summed E-state index contributed by atoms with van der Waals surface area (Å²) in [5, 5.41) is 2.75. The summed E-state index contributed by atoms with van der Waals surface area (Å²) in [6.45, 7) is 0. The Morgan fingerprint density at radius 2 is 1.71 bits per heavy atom. The minimum atomic E-state index is -4.10. The molecule has 0 fully saturated rings. The van der Waals surface area contributed by atoms with E-state index in [-0.39, 0.29) is 10.4 Å². The number of benzene rings is 3.